The van der Waals surface area contributed by atoms with Crippen LogP contribution in [0.3, 0.4) is 0 Å². The number of sulfone groups is 1. The molecule has 5 nitrogen and oxygen atoms in total. The summed E-state index contributed by atoms with van der Waals surface area (Å²) in [5.74, 6) is 0.0157. The number of amides is 1. The van der Waals surface area contributed by atoms with Gasteiger partial charge in [0.25, 0.3) is 0 Å². The van der Waals surface area contributed by atoms with Crippen molar-refractivity contribution in [2.45, 2.75) is 25.4 Å². The molecule has 2 atom stereocenters. The Morgan fingerprint density at radius 3 is 2.46 bits per heavy atom. The largest absolute Gasteiger partial charge is 0.386 e. The van der Waals surface area contributed by atoms with Crippen LogP contribution in [-0.4, -0.2) is 37.5 Å². The molecule has 2 aliphatic rings. The molecule has 1 spiro atoms. The lowest BCUT2D eigenvalue weighted by molar-refractivity contribution is -0.123. The summed E-state index contributed by atoms with van der Waals surface area (Å²) >= 11 is 12.1. The predicted octanol–water partition coefficient (Wildman–Crippen LogP) is 2.36. The number of aliphatic hydroxyl groups excluding tert-OH is 1. The summed E-state index contributed by atoms with van der Waals surface area (Å²) in [6.45, 7) is 0.0210. The average molecular weight is 392 g/mol. The standard InChI is InChI=1S/C16H19Cl2NO4S/c17-11-2-1-3-12(18)14(11)13(20)9-19-15(21)10-8-16(10)4-6-24(22,23)7-5-16/h1-3,10,13,20H,4-9H2,(H,19,21)/t10-,13-/m1/s1. The highest BCUT2D eigenvalue weighted by atomic mass is 35.5. The fraction of sp³-hybridized carbons (Fsp3) is 0.562. The van der Waals surface area contributed by atoms with Crippen molar-refractivity contribution in [2.24, 2.45) is 11.3 Å². The van der Waals surface area contributed by atoms with E-state index in [0.717, 1.165) is 6.42 Å². The van der Waals surface area contributed by atoms with E-state index in [0.29, 0.717) is 28.5 Å². The van der Waals surface area contributed by atoms with Crippen molar-refractivity contribution in [1.29, 1.82) is 0 Å². The van der Waals surface area contributed by atoms with Crippen LogP contribution in [0, 0.1) is 11.3 Å². The molecule has 0 aromatic heterocycles. The number of halogens is 2. The van der Waals surface area contributed by atoms with Gasteiger partial charge in [0.1, 0.15) is 9.84 Å². The van der Waals surface area contributed by atoms with Crippen LogP contribution < -0.4 is 5.32 Å². The summed E-state index contributed by atoms with van der Waals surface area (Å²) < 4.78 is 23.0. The Kier molecular flexibility index (Phi) is 4.86. The van der Waals surface area contributed by atoms with Crippen molar-refractivity contribution in [3.8, 4) is 0 Å². The van der Waals surface area contributed by atoms with E-state index in [1.807, 2.05) is 0 Å². The smallest absolute Gasteiger partial charge is 0.223 e. The summed E-state index contributed by atoms with van der Waals surface area (Å²) in [6, 6.07) is 4.95. The molecule has 1 heterocycles. The molecule has 8 heteroatoms. The van der Waals surface area contributed by atoms with Crippen molar-refractivity contribution < 1.29 is 18.3 Å². The third-order valence-corrected chi connectivity index (χ3v) is 7.44. The van der Waals surface area contributed by atoms with E-state index in [1.165, 1.54) is 0 Å². The Hall–Kier alpha value is -0.820. The molecule has 0 unspecified atom stereocenters. The van der Waals surface area contributed by atoms with Gasteiger partial charge in [-0.15, -0.1) is 0 Å². The highest BCUT2D eigenvalue weighted by molar-refractivity contribution is 7.91. The lowest BCUT2D eigenvalue weighted by Gasteiger charge is -2.22. The minimum atomic E-state index is -2.94. The normalized spacial score (nSPS) is 25.2. The number of hydrogen-bond donors (Lipinski definition) is 2. The fourth-order valence-electron chi connectivity index (χ4n) is 3.47. The van der Waals surface area contributed by atoms with Crippen LogP contribution in [0.25, 0.3) is 0 Å². The Bertz CT molecular complexity index is 731. The van der Waals surface area contributed by atoms with E-state index < -0.39 is 15.9 Å². The number of aliphatic hydroxyl groups is 1. The maximum absolute atomic E-state index is 12.3. The van der Waals surface area contributed by atoms with Crippen molar-refractivity contribution in [1.82, 2.24) is 5.32 Å². The Labute approximate surface area is 151 Å². The lowest BCUT2D eigenvalue weighted by atomic mass is 9.96. The molecule has 1 aromatic carbocycles. The Morgan fingerprint density at radius 2 is 1.88 bits per heavy atom. The highest BCUT2D eigenvalue weighted by Gasteiger charge is 2.59. The van der Waals surface area contributed by atoms with Gasteiger partial charge in [0.2, 0.25) is 5.91 Å². The topological polar surface area (TPSA) is 83.5 Å². The lowest BCUT2D eigenvalue weighted by Crippen LogP contribution is -2.33. The third-order valence-electron chi connectivity index (χ3n) is 5.13. The second kappa shape index (κ2) is 6.48. The first kappa shape index (κ1) is 18.0. The molecular weight excluding hydrogens is 373 g/mol. The molecule has 132 valence electrons. The van der Waals surface area contributed by atoms with Crippen LogP contribution in [0.15, 0.2) is 18.2 Å². The molecule has 24 heavy (non-hydrogen) atoms. The highest BCUT2D eigenvalue weighted by Crippen LogP contribution is 2.59. The Morgan fingerprint density at radius 1 is 1.29 bits per heavy atom. The van der Waals surface area contributed by atoms with E-state index in [1.54, 1.807) is 18.2 Å². The van der Waals surface area contributed by atoms with Gasteiger partial charge in [0.15, 0.2) is 0 Å². The van der Waals surface area contributed by atoms with Gasteiger partial charge < -0.3 is 10.4 Å². The monoisotopic (exact) mass is 391 g/mol. The second-order valence-corrected chi connectivity index (χ2v) is 9.79. The Balaban J connectivity index is 1.56. The van der Waals surface area contributed by atoms with Crippen molar-refractivity contribution in [2.75, 3.05) is 18.1 Å². The van der Waals surface area contributed by atoms with Crippen LogP contribution in [0.1, 0.15) is 30.9 Å². The first-order valence-corrected chi connectivity index (χ1v) is 10.4. The molecule has 1 amide bonds. The summed E-state index contributed by atoms with van der Waals surface area (Å²) in [5, 5.41) is 13.7. The van der Waals surface area contributed by atoms with Crippen molar-refractivity contribution >= 4 is 38.9 Å². The fourth-order valence-corrected chi connectivity index (χ4v) is 5.76. The quantitative estimate of drug-likeness (QED) is 0.824. The molecule has 1 aliphatic heterocycles. The predicted molar refractivity (Wildman–Crippen MR) is 92.9 cm³/mol. The maximum atomic E-state index is 12.3. The molecule has 0 bridgehead atoms. The zero-order chi connectivity index (χ0) is 17.5. The molecule has 1 aromatic rings. The number of benzene rings is 1. The van der Waals surface area contributed by atoms with Gasteiger partial charge in [-0.25, -0.2) is 8.42 Å². The van der Waals surface area contributed by atoms with Gasteiger partial charge in [0.05, 0.1) is 17.6 Å². The minimum absolute atomic E-state index is 0.0210. The SMILES string of the molecule is O=C(NC[C@@H](O)c1c(Cl)cccc1Cl)[C@H]1CC12CCS(=O)(=O)CC2. The van der Waals surface area contributed by atoms with Crippen molar-refractivity contribution in [3.63, 3.8) is 0 Å². The number of carbonyl (C=O) groups excluding carboxylic acids is 1. The van der Waals surface area contributed by atoms with E-state index in [4.69, 9.17) is 23.2 Å². The number of carbonyl (C=O) groups is 1. The minimum Gasteiger partial charge on any atom is -0.386 e. The molecule has 2 fully saturated rings. The number of nitrogens with one attached hydrogen (secondary N) is 1. The first-order valence-electron chi connectivity index (χ1n) is 7.84. The molecule has 0 radical (unpaired) electrons. The van der Waals surface area contributed by atoms with E-state index in [9.17, 15) is 18.3 Å². The van der Waals surface area contributed by atoms with Gasteiger partial charge in [-0.05, 0) is 36.8 Å². The molecule has 2 N–H and O–H groups in total. The third kappa shape index (κ3) is 3.57. The summed E-state index contributed by atoms with van der Waals surface area (Å²) in [4.78, 5) is 12.3. The van der Waals surface area contributed by atoms with E-state index in [2.05, 4.69) is 5.32 Å². The second-order valence-electron chi connectivity index (χ2n) is 6.67. The van der Waals surface area contributed by atoms with Gasteiger partial charge in [0, 0.05) is 28.1 Å². The van der Waals surface area contributed by atoms with Crippen LogP contribution in [0.2, 0.25) is 10.0 Å². The summed E-state index contributed by atoms with van der Waals surface area (Å²) in [5.41, 5.74) is 0.234. The van der Waals surface area contributed by atoms with Crippen molar-refractivity contribution in [3.05, 3.63) is 33.8 Å². The molecule has 1 saturated carbocycles. The number of rotatable bonds is 4. The van der Waals surface area contributed by atoms with Crippen LogP contribution >= 0.6 is 23.2 Å². The average Bonchev–Trinajstić information content (AvgIpc) is 3.23. The zero-order valence-electron chi connectivity index (χ0n) is 13.0. The van der Waals surface area contributed by atoms with Crippen LogP contribution in [0.5, 0.6) is 0 Å². The molecule has 1 saturated heterocycles. The maximum Gasteiger partial charge on any atom is 0.223 e. The van der Waals surface area contributed by atoms with E-state index >= 15 is 0 Å². The summed E-state index contributed by atoms with van der Waals surface area (Å²) in [7, 11) is -2.94. The van der Waals surface area contributed by atoms with Gasteiger partial charge in [-0.3, -0.25) is 4.79 Å². The molecular formula is C16H19Cl2NO4S. The van der Waals surface area contributed by atoms with E-state index in [-0.39, 0.29) is 35.3 Å². The first-order chi connectivity index (χ1) is 11.2. The van der Waals surface area contributed by atoms with Gasteiger partial charge in [-0.2, -0.15) is 0 Å². The summed E-state index contributed by atoms with van der Waals surface area (Å²) in [6.07, 6.45) is 0.826. The number of hydrogen-bond acceptors (Lipinski definition) is 4. The zero-order valence-corrected chi connectivity index (χ0v) is 15.3. The van der Waals surface area contributed by atoms with Gasteiger partial charge >= 0.3 is 0 Å². The molecule has 1 aliphatic carbocycles. The van der Waals surface area contributed by atoms with Gasteiger partial charge in [-0.1, -0.05) is 29.3 Å². The van der Waals surface area contributed by atoms with Crippen LogP contribution in [-0.2, 0) is 14.6 Å². The van der Waals surface area contributed by atoms with Crippen LogP contribution in [0.4, 0.5) is 0 Å². The molecule has 3 rings (SSSR count).